The van der Waals surface area contributed by atoms with Crippen LogP contribution in [0.15, 0.2) is 54.7 Å². The molecule has 0 radical (unpaired) electrons. The Bertz CT molecular complexity index is 1340. The molecule has 1 amide bonds. The number of hydrogen-bond acceptors (Lipinski definition) is 5. The fraction of sp³-hybridized carbons (Fsp3) is 0.308. The summed E-state index contributed by atoms with van der Waals surface area (Å²) in [6, 6.07) is 15.8. The van der Waals surface area contributed by atoms with Gasteiger partial charge >= 0.3 is 0 Å². The molecule has 1 aliphatic heterocycles. The zero-order valence-electron chi connectivity index (χ0n) is 19.4. The van der Waals surface area contributed by atoms with Gasteiger partial charge in [-0.2, -0.15) is 5.10 Å². The van der Waals surface area contributed by atoms with Crippen molar-refractivity contribution in [2.24, 2.45) is 7.05 Å². The fourth-order valence-corrected chi connectivity index (χ4v) is 4.98. The third kappa shape index (κ3) is 4.83. The number of rotatable bonds is 6. The lowest BCUT2D eigenvalue weighted by Crippen LogP contribution is -2.45. The molecule has 1 saturated heterocycles. The van der Waals surface area contributed by atoms with E-state index in [1.54, 1.807) is 6.20 Å². The predicted molar refractivity (Wildman–Crippen MR) is 140 cm³/mol. The number of anilines is 1. The highest BCUT2D eigenvalue weighted by Gasteiger charge is 2.24. The van der Waals surface area contributed by atoms with Crippen molar-refractivity contribution in [2.45, 2.75) is 30.6 Å². The van der Waals surface area contributed by atoms with E-state index in [1.165, 1.54) is 0 Å². The first-order valence-electron chi connectivity index (χ1n) is 11.6. The van der Waals surface area contributed by atoms with Crippen LogP contribution in [0, 0.1) is 0 Å². The van der Waals surface area contributed by atoms with Crippen LogP contribution in [0.2, 0.25) is 0 Å². The van der Waals surface area contributed by atoms with E-state index in [9.17, 15) is 4.79 Å². The lowest BCUT2D eigenvalue weighted by atomic mass is 10.0. The van der Waals surface area contributed by atoms with Gasteiger partial charge in [0.15, 0.2) is 5.82 Å². The predicted octanol–water partition coefficient (Wildman–Crippen LogP) is 4.91. The van der Waals surface area contributed by atoms with Crippen LogP contribution in [0.1, 0.15) is 34.3 Å². The summed E-state index contributed by atoms with van der Waals surface area (Å²) in [5.41, 5.74) is 4.14. The Balaban J connectivity index is 1.31. The maximum atomic E-state index is 12.9. The highest BCUT2D eigenvalue weighted by Crippen LogP contribution is 2.32. The van der Waals surface area contributed by atoms with Crippen LogP contribution in [0.5, 0.6) is 0 Å². The summed E-state index contributed by atoms with van der Waals surface area (Å²) in [4.78, 5) is 15.2. The molecule has 0 unspecified atom stereocenters. The van der Waals surface area contributed by atoms with Crippen LogP contribution in [0.3, 0.4) is 0 Å². The van der Waals surface area contributed by atoms with Crippen LogP contribution in [-0.4, -0.2) is 45.0 Å². The average Bonchev–Trinajstić information content (AvgIpc) is 3.33. The van der Waals surface area contributed by atoms with E-state index in [0.29, 0.717) is 17.3 Å². The molecule has 0 atom stereocenters. The first-order chi connectivity index (χ1) is 17.1. The van der Waals surface area contributed by atoms with Gasteiger partial charge in [-0.1, -0.05) is 30.3 Å². The van der Waals surface area contributed by atoms with Crippen LogP contribution >= 0.6 is 23.2 Å². The summed E-state index contributed by atoms with van der Waals surface area (Å²) in [6.07, 6.45) is 3.41. The number of benzene rings is 2. The highest BCUT2D eigenvalue weighted by atomic mass is 35.5. The molecule has 1 fully saturated rings. The Morgan fingerprint density at radius 2 is 1.69 bits per heavy atom. The number of fused-ring (bicyclic) bond motifs is 1. The number of alkyl halides is 2. The molecule has 1 N–H and O–H groups in total. The second-order valence-electron chi connectivity index (χ2n) is 8.80. The van der Waals surface area contributed by atoms with Crippen LogP contribution < -0.4 is 10.2 Å². The van der Waals surface area contributed by atoms with Gasteiger partial charge in [0.25, 0.3) is 5.91 Å². The third-order valence-electron chi connectivity index (χ3n) is 6.48. The number of amides is 1. The third-order valence-corrected chi connectivity index (χ3v) is 7.10. The molecule has 9 heteroatoms. The van der Waals surface area contributed by atoms with E-state index in [0.717, 1.165) is 65.0 Å². The van der Waals surface area contributed by atoms with E-state index in [2.05, 4.69) is 37.6 Å². The van der Waals surface area contributed by atoms with Crippen molar-refractivity contribution < 1.29 is 4.79 Å². The van der Waals surface area contributed by atoms with Gasteiger partial charge in [-0.05, 0) is 42.2 Å². The Hall–Kier alpha value is -3.16. The number of piperidine rings is 1. The smallest absolute Gasteiger partial charge is 0.251 e. The van der Waals surface area contributed by atoms with Gasteiger partial charge in [0, 0.05) is 60.5 Å². The van der Waals surface area contributed by atoms with Crippen molar-refractivity contribution in [3.05, 3.63) is 71.4 Å². The van der Waals surface area contributed by atoms with Gasteiger partial charge in [-0.15, -0.1) is 33.4 Å². The molecule has 4 aromatic rings. The van der Waals surface area contributed by atoms with Crippen LogP contribution in [0.25, 0.3) is 22.2 Å². The van der Waals surface area contributed by atoms with E-state index in [-0.39, 0.29) is 11.9 Å². The average molecular weight is 509 g/mol. The monoisotopic (exact) mass is 508 g/mol. The van der Waals surface area contributed by atoms with Gasteiger partial charge in [0.05, 0.1) is 5.69 Å². The number of aryl methyl sites for hydroxylation is 1. The SMILES string of the molecule is Cn1nccc1-c1nnc(N2CCC(NC(=O)c3cc(CCl)cc(CCl)c3)CC2)c2ccccc12. The lowest BCUT2D eigenvalue weighted by molar-refractivity contribution is 0.0931. The second kappa shape index (κ2) is 10.2. The Morgan fingerprint density at radius 3 is 2.31 bits per heavy atom. The Labute approximate surface area is 214 Å². The van der Waals surface area contributed by atoms with Crippen molar-refractivity contribution in [1.82, 2.24) is 25.3 Å². The molecule has 7 nitrogen and oxygen atoms in total. The highest BCUT2D eigenvalue weighted by molar-refractivity contribution is 6.18. The van der Waals surface area contributed by atoms with E-state index in [4.69, 9.17) is 23.2 Å². The number of nitrogens with zero attached hydrogens (tertiary/aromatic N) is 5. The van der Waals surface area contributed by atoms with E-state index in [1.807, 2.05) is 48.1 Å². The Kier molecular flexibility index (Phi) is 6.88. The van der Waals surface area contributed by atoms with Gasteiger partial charge in [-0.25, -0.2) is 0 Å². The fourth-order valence-electron chi connectivity index (χ4n) is 4.67. The first kappa shape index (κ1) is 23.6. The van der Waals surface area contributed by atoms with Gasteiger partial charge in [0.2, 0.25) is 0 Å². The zero-order valence-corrected chi connectivity index (χ0v) is 20.9. The molecule has 35 heavy (non-hydrogen) atoms. The largest absolute Gasteiger partial charge is 0.354 e. The van der Waals surface area contributed by atoms with Gasteiger partial charge < -0.3 is 10.2 Å². The molecule has 3 heterocycles. The number of aromatic nitrogens is 4. The maximum absolute atomic E-state index is 12.9. The standard InChI is InChI=1S/C26H26Cl2N6O/c1-33-23(6-9-29-33)24-21-4-2-3-5-22(21)25(32-31-24)34-10-7-20(8-11-34)30-26(35)19-13-17(15-27)12-18(14-19)16-28/h2-6,9,12-14,20H,7-8,10-11,15-16H2,1H3,(H,30,35). The molecule has 5 rings (SSSR count). The molecule has 0 saturated carbocycles. The molecule has 0 spiro atoms. The molecule has 1 aliphatic rings. The quantitative estimate of drug-likeness (QED) is 0.374. The molecule has 2 aromatic heterocycles. The zero-order chi connectivity index (χ0) is 24.4. The van der Waals surface area contributed by atoms with Crippen molar-refractivity contribution in [2.75, 3.05) is 18.0 Å². The van der Waals surface area contributed by atoms with E-state index < -0.39 is 0 Å². The molecular weight excluding hydrogens is 483 g/mol. The molecular formula is C26H26Cl2N6O. The van der Waals surface area contributed by atoms with Crippen LogP contribution in [0.4, 0.5) is 5.82 Å². The van der Waals surface area contributed by atoms with Crippen molar-refractivity contribution in [3.63, 3.8) is 0 Å². The second-order valence-corrected chi connectivity index (χ2v) is 9.33. The van der Waals surface area contributed by atoms with Gasteiger partial charge in [-0.3, -0.25) is 9.48 Å². The van der Waals surface area contributed by atoms with E-state index >= 15 is 0 Å². The normalized spacial score (nSPS) is 14.4. The minimum atomic E-state index is -0.0902. The minimum absolute atomic E-state index is 0.0887. The minimum Gasteiger partial charge on any atom is -0.354 e. The van der Waals surface area contributed by atoms with Crippen molar-refractivity contribution in [1.29, 1.82) is 0 Å². The molecule has 180 valence electrons. The summed E-state index contributed by atoms with van der Waals surface area (Å²) in [7, 11) is 1.90. The van der Waals surface area contributed by atoms with Crippen molar-refractivity contribution in [3.8, 4) is 11.4 Å². The first-order valence-corrected chi connectivity index (χ1v) is 12.7. The summed E-state index contributed by atoms with van der Waals surface area (Å²) >= 11 is 12.0. The summed E-state index contributed by atoms with van der Waals surface area (Å²) in [6.45, 7) is 1.56. The molecule has 0 bridgehead atoms. The van der Waals surface area contributed by atoms with Crippen molar-refractivity contribution >= 4 is 45.7 Å². The molecule has 0 aliphatic carbocycles. The number of halogens is 2. The van der Waals surface area contributed by atoms with Crippen LogP contribution in [-0.2, 0) is 18.8 Å². The Morgan fingerprint density at radius 1 is 1.00 bits per heavy atom. The topological polar surface area (TPSA) is 75.9 Å². The summed E-state index contributed by atoms with van der Waals surface area (Å²) in [5.74, 6) is 1.47. The summed E-state index contributed by atoms with van der Waals surface area (Å²) < 4.78 is 1.81. The molecule has 2 aromatic carbocycles. The number of hydrogen-bond donors (Lipinski definition) is 1. The maximum Gasteiger partial charge on any atom is 0.251 e. The number of carbonyl (C=O) groups excluding carboxylic acids is 1. The lowest BCUT2D eigenvalue weighted by Gasteiger charge is -2.33. The summed E-state index contributed by atoms with van der Waals surface area (Å²) in [5, 5.41) is 18.8. The number of nitrogens with one attached hydrogen (secondary N) is 1. The number of carbonyl (C=O) groups is 1. The van der Waals surface area contributed by atoms with Gasteiger partial charge in [0.1, 0.15) is 5.69 Å².